The summed E-state index contributed by atoms with van der Waals surface area (Å²) in [5.41, 5.74) is 5.72. The Morgan fingerprint density at radius 2 is 2.03 bits per heavy atom. The minimum atomic E-state index is -0.202. The molecule has 8 nitrogen and oxygen atoms in total. The van der Waals surface area contributed by atoms with Gasteiger partial charge in [0.2, 0.25) is 5.88 Å². The Hall–Kier alpha value is -4.35. The van der Waals surface area contributed by atoms with Crippen molar-refractivity contribution in [1.29, 1.82) is 5.26 Å². The molecular formula is C28H28N6O2. The lowest BCUT2D eigenvalue weighted by atomic mass is 9.98. The number of nitriles is 1. The van der Waals surface area contributed by atoms with E-state index in [1.165, 1.54) is 0 Å². The van der Waals surface area contributed by atoms with Crippen LogP contribution in [0.5, 0.6) is 11.6 Å². The standard InChI is InChI=1S/C28H28N6O2/c1-34-18-22(16-33-34)21-13-24-28(32-15-21)36-26(17-31-24)27(23-5-3-4-6-25(23)35-2)30-12-11-19-7-9-20(14-29)10-8-19/h3-10,13,15-16,18,26-27,30-31H,11-12,17H2,1-2H3/t26-,27?/m1/s1. The number of rotatable bonds is 8. The lowest BCUT2D eigenvalue weighted by molar-refractivity contribution is 0.149. The predicted molar refractivity (Wildman–Crippen MR) is 138 cm³/mol. The van der Waals surface area contributed by atoms with Gasteiger partial charge in [-0.3, -0.25) is 4.68 Å². The minimum Gasteiger partial charge on any atom is -0.496 e. The van der Waals surface area contributed by atoms with Crippen LogP contribution in [0.25, 0.3) is 11.1 Å². The van der Waals surface area contributed by atoms with Gasteiger partial charge >= 0.3 is 0 Å². The van der Waals surface area contributed by atoms with Gasteiger partial charge in [-0.15, -0.1) is 0 Å². The zero-order valence-corrected chi connectivity index (χ0v) is 20.3. The van der Waals surface area contributed by atoms with Crippen LogP contribution in [0, 0.1) is 11.3 Å². The Bertz CT molecular complexity index is 1380. The molecule has 3 heterocycles. The molecule has 5 rings (SSSR count). The number of nitrogens with one attached hydrogen (secondary N) is 2. The quantitative estimate of drug-likeness (QED) is 0.392. The number of aromatic nitrogens is 3. The highest BCUT2D eigenvalue weighted by molar-refractivity contribution is 5.69. The molecule has 1 aliphatic heterocycles. The smallest absolute Gasteiger partial charge is 0.237 e. The first-order valence-corrected chi connectivity index (χ1v) is 11.9. The molecule has 0 saturated heterocycles. The van der Waals surface area contributed by atoms with E-state index < -0.39 is 0 Å². The number of benzene rings is 2. The van der Waals surface area contributed by atoms with Crippen molar-refractivity contribution in [3.63, 3.8) is 0 Å². The number of aryl methyl sites for hydroxylation is 1. The summed E-state index contributed by atoms with van der Waals surface area (Å²) in [5.74, 6) is 1.38. The van der Waals surface area contributed by atoms with Crippen molar-refractivity contribution in [1.82, 2.24) is 20.1 Å². The Morgan fingerprint density at radius 1 is 1.19 bits per heavy atom. The fourth-order valence-corrected chi connectivity index (χ4v) is 4.47. The van der Waals surface area contributed by atoms with Crippen LogP contribution in [0.2, 0.25) is 0 Å². The second-order valence-corrected chi connectivity index (χ2v) is 8.75. The van der Waals surface area contributed by atoms with Gasteiger partial charge in [-0.1, -0.05) is 30.3 Å². The molecule has 36 heavy (non-hydrogen) atoms. The van der Waals surface area contributed by atoms with E-state index >= 15 is 0 Å². The maximum Gasteiger partial charge on any atom is 0.237 e. The molecule has 1 aliphatic rings. The van der Waals surface area contributed by atoms with Gasteiger partial charge in [0, 0.05) is 36.1 Å². The second kappa shape index (κ2) is 10.5. The topological polar surface area (TPSA) is 97.0 Å². The van der Waals surface area contributed by atoms with E-state index in [-0.39, 0.29) is 12.1 Å². The summed E-state index contributed by atoms with van der Waals surface area (Å²) in [6, 6.07) is 19.8. The van der Waals surface area contributed by atoms with Gasteiger partial charge in [0.1, 0.15) is 11.9 Å². The van der Waals surface area contributed by atoms with E-state index in [2.05, 4.69) is 32.9 Å². The van der Waals surface area contributed by atoms with Crippen LogP contribution in [-0.4, -0.2) is 41.1 Å². The van der Waals surface area contributed by atoms with Crippen molar-refractivity contribution in [2.24, 2.45) is 7.05 Å². The average Bonchev–Trinajstić information content (AvgIpc) is 3.37. The molecule has 182 valence electrons. The van der Waals surface area contributed by atoms with Crippen LogP contribution in [0.3, 0.4) is 0 Å². The maximum absolute atomic E-state index is 9.04. The highest BCUT2D eigenvalue weighted by Gasteiger charge is 2.31. The number of anilines is 1. The number of methoxy groups -OCH3 is 1. The van der Waals surface area contributed by atoms with Crippen molar-refractivity contribution in [3.05, 3.63) is 89.9 Å². The molecule has 0 aliphatic carbocycles. The summed E-state index contributed by atoms with van der Waals surface area (Å²) in [4.78, 5) is 4.61. The molecule has 0 radical (unpaired) electrons. The van der Waals surface area contributed by atoms with Gasteiger partial charge in [-0.25, -0.2) is 4.98 Å². The monoisotopic (exact) mass is 480 g/mol. The molecule has 2 atom stereocenters. The summed E-state index contributed by atoms with van der Waals surface area (Å²) < 4.78 is 13.9. The molecule has 1 unspecified atom stereocenters. The van der Waals surface area contributed by atoms with Gasteiger partial charge in [-0.2, -0.15) is 10.4 Å². The number of ether oxygens (including phenoxy) is 2. The third-order valence-corrected chi connectivity index (χ3v) is 6.35. The van der Waals surface area contributed by atoms with E-state index in [4.69, 9.17) is 14.7 Å². The lowest BCUT2D eigenvalue weighted by Crippen LogP contribution is -2.43. The van der Waals surface area contributed by atoms with Crippen molar-refractivity contribution < 1.29 is 9.47 Å². The molecule has 8 heteroatoms. The van der Waals surface area contributed by atoms with Gasteiger partial charge in [-0.05, 0) is 42.8 Å². The van der Waals surface area contributed by atoms with Crippen LogP contribution in [0.4, 0.5) is 5.69 Å². The van der Waals surface area contributed by atoms with Gasteiger partial charge < -0.3 is 20.1 Å². The van der Waals surface area contributed by atoms with Gasteiger partial charge in [0.15, 0.2) is 0 Å². The summed E-state index contributed by atoms with van der Waals surface area (Å²) >= 11 is 0. The Labute approximate surface area is 210 Å². The normalized spacial score (nSPS) is 15.2. The fourth-order valence-electron chi connectivity index (χ4n) is 4.47. The van der Waals surface area contributed by atoms with Crippen molar-refractivity contribution in [2.45, 2.75) is 18.6 Å². The van der Waals surface area contributed by atoms with Gasteiger partial charge in [0.25, 0.3) is 0 Å². The average molecular weight is 481 g/mol. The first-order valence-electron chi connectivity index (χ1n) is 11.9. The highest BCUT2D eigenvalue weighted by atomic mass is 16.5. The van der Waals surface area contributed by atoms with Gasteiger partial charge in [0.05, 0.1) is 43.2 Å². The largest absolute Gasteiger partial charge is 0.496 e. The van der Waals surface area contributed by atoms with Crippen molar-refractivity contribution in [2.75, 3.05) is 25.5 Å². The number of hydrogen-bond donors (Lipinski definition) is 2. The molecule has 0 saturated carbocycles. The molecule has 0 bridgehead atoms. The van der Waals surface area contributed by atoms with Crippen LogP contribution >= 0.6 is 0 Å². The number of nitrogens with zero attached hydrogens (tertiary/aromatic N) is 4. The zero-order valence-electron chi connectivity index (χ0n) is 20.3. The molecule has 4 aromatic rings. The summed E-state index contributed by atoms with van der Waals surface area (Å²) in [7, 11) is 3.58. The third kappa shape index (κ3) is 5.02. The van der Waals surface area contributed by atoms with Crippen molar-refractivity contribution in [3.8, 4) is 28.8 Å². The third-order valence-electron chi connectivity index (χ3n) is 6.35. The SMILES string of the molecule is COc1ccccc1C(NCCc1ccc(C#N)cc1)[C@H]1CNc2cc(-c3cnn(C)c3)cnc2O1. The van der Waals surface area contributed by atoms with E-state index in [0.29, 0.717) is 18.0 Å². The predicted octanol–water partition coefficient (Wildman–Crippen LogP) is 4.11. The van der Waals surface area contributed by atoms with Crippen LogP contribution in [-0.2, 0) is 13.5 Å². The number of pyridine rings is 1. The Morgan fingerprint density at radius 3 is 2.78 bits per heavy atom. The molecule has 2 aromatic carbocycles. The van der Waals surface area contributed by atoms with Crippen LogP contribution < -0.4 is 20.1 Å². The Balaban J connectivity index is 1.35. The summed E-state index contributed by atoms with van der Waals surface area (Å²) in [6.45, 7) is 1.34. The second-order valence-electron chi connectivity index (χ2n) is 8.75. The molecule has 0 fully saturated rings. The summed E-state index contributed by atoms with van der Waals surface area (Å²) in [5, 5.41) is 20.5. The van der Waals surface area contributed by atoms with Crippen molar-refractivity contribution >= 4 is 5.69 Å². The first-order chi connectivity index (χ1) is 17.6. The minimum absolute atomic E-state index is 0.125. The van der Waals surface area contributed by atoms with Crippen LogP contribution in [0.15, 0.2) is 73.2 Å². The van der Waals surface area contributed by atoms with E-state index in [0.717, 1.165) is 46.7 Å². The van der Waals surface area contributed by atoms with E-state index in [9.17, 15) is 0 Å². The van der Waals surface area contributed by atoms with Crippen LogP contribution in [0.1, 0.15) is 22.7 Å². The highest BCUT2D eigenvalue weighted by Crippen LogP contribution is 2.36. The molecule has 2 aromatic heterocycles. The maximum atomic E-state index is 9.04. The first kappa shape index (κ1) is 23.4. The van der Waals surface area contributed by atoms with E-state index in [1.807, 2.05) is 74.2 Å². The molecule has 0 amide bonds. The Kier molecular flexibility index (Phi) is 6.83. The number of fused-ring (bicyclic) bond motifs is 1. The lowest BCUT2D eigenvalue weighted by Gasteiger charge is -2.34. The van der Waals surface area contributed by atoms with E-state index in [1.54, 1.807) is 11.8 Å². The summed E-state index contributed by atoms with van der Waals surface area (Å²) in [6.07, 6.45) is 6.22. The molecule has 0 spiro atoms. The number of hydrogen-bond acceptors (Lipinski definition) is 7. The zero-order chi connectivity index (χ0) is 24.9. The molecule has 2 N–H and O–H groups in total. The molecular weight excluding hydrogens is 452 g/mol. The fraction of sp³-hybridized carbons (Fsp3) is 0.250. The number of para-hydroxylation sites is 1.